The summed E-state index contributed by atoms with van der Waals surface area (Å²) in [6, 6.07) is 12.5. The second kappa shape index (κ2) is 9.03. The van der Waals surface area contributed by atoms with E-state index in [1.165, 1.54) is 30.5 Å². The van der Waals surface area contributed by atoms with E-state index >= 15 is 0 Å². The van der Waals surface area contributed by atoms with Gasteiger partial charge in [-0.2, -0.15) is 0 Å². The summed E-state index contributed by atoms with van der Waals surface area (Å²) in [6.07, 6.45) is 8.16. The molecule has 3 heterocycles. The Morgan fingerprint density at radius 3 is 2.60 bits per heavy atom. The zero-order chi connectivity index (χ0) is 20.9. The number of nitrogens with one attached hydrogen (secondary N) is 1. The number of hydrogen-bond acceptors (Lipinski definition) is 4. The lowest BCUT2D eigenvalue weighted by Crippen LogP contribution is -2.06. The molecule has 4 rings (SSSR count). The van der Waals surface area contributed by atoms with Gasteiger partial charge in [-0.05, 0) is 60.9 Å². The van der Waals surface area contributed by atoms with E-state index in [9.17, 15) is 4.39 Å². The maximum absolute atomic E-state index is 13.5. The Morgan fingerprint density at radius 1 is 1.00 bits per heavy atom. The third-order valence-corrected chi connectivity index (χ3v) is 5.18. The average molecular weight is 404 g/mol. The molecule has 0 amide bonds. The molecular weight excluding hydrogens is 377 g/mol. The number of fused-ring (bicyclic) bond motifs is 1. The van der Waals surface area contributed by atoms with Crippen LogP contribution >= 0.6 is 0 Å². The molecule has 0 atom stereocenters. The van der Waals surface area contributed by atoms with Crippen LogP contribution in [0, 0.1) is 5.82 Å². The molecule has 0 aliphatic rings. The van der Waals surface area contributed by atoms with E-state index in [2.05, 4.69) is 36.3 Å². The molecule has 0 aliphatic carbocycles. The van der Waals surface area contributed by atoms with E-state index in [0.29, 0.717) is 5.95 Å². The quantitative estimate of drug-likeness (QED) is 0.380. The van der Waals surface area contributed by atoms with Crippen molar-refractivity contribution >= 4 is 11.6 Å². The standard InChI is InChI=1S/C24H26FN5/c1-3-5-6-13-26-24-27-14-11-20(28-24)23-22(18-7-9-19(25)10-8-18)29-21-16-17(4-2)12-15-30(21)23/h7-12,14-16H,3-6,13H2,1-2H3,(H,26,27,28). The molecule has 154 valence electrons. The molecule has 1 N–H and O–H groups in total. The molecule has 0 bridgehead atoms. The number of aromatic nitrogens is 4. The Labute approximate surface area is 176 Å². The summed E-state index contributed by atoms with van der Waals surface area (Å²) in [6.45, 7) is 5.15. The first-order chi connectivity index (χ1) is 14.7. The monoisotopic (exact) mass is 403 g/mol. The largest absolute Gasteiger partial charge is 0.354 e. The van der Waals surface area contributed by atoms with Gasteiger partial charge in [0.2, 0.25) is 5.95 Å². The summed E-state index contributed by atoms with van der Waals surface area (Å²) in [7, 11) is 0. The van der Waals surface area contributed by atoms with Crippen molar-refractivity contribution in [1.82, 2.24) is 19.4 Å². The molecular formula is C24H26FN5. The van der Waals surface area contributed by atoms with Gasteiger partial charge >= 0.3 is 0 Å². The van der Waals surface area contributed by atoms with Crippen molar-refractivity contribution in [1.29, 1.82) is 0 Å². The van der Waals surface area contributed by atoms with E-state index in [1.807, 2.05) is 16.7 Å². The van der Waals surface area contributed by atoms with E-state index in [0.717, 1.165) is 47.7 Å². The van der Waals surface area contributed by atoms with Crippen molar-refractivity contribution in [3.8, 4) is 22.6 Å². The van der Waals surface area contributed by atoms with Crippen molar-refractivity contribution < 1.29 is 4.39 Å². The molecule has 3 aromatic heterocycles. The number of hydrogen-bond donors (Lipinski definition) is 1. The van der Waals surface area contributed by atoms with Gasteiger partial charge in [0, 0.05) is 24.5 Å². The van der Waals surface area contributed by atoms with Gasteiger partial charge in [0.1, 0.15) is 11.5 Å². The van der Waals surface area contributed by atoms with Crippen molar-refractivity contribution in [2.45, 2.75) is 39.5 Å². The predicted molar refractivity (Wildman–Crippen MR) is 119 cm³/mol. The minimum atomic E-state index is -0.266. The van der Waals surface area contributed by atoms with Gasteiger partial charge in [0.05, 0.1) is 17.1 Å². The topological polar surface area (TPSA) is 55.1 Å². The van der Waals surface area contributed by atoms with Crippen LogP contribution in [0.3, 0.4) is 0 Å². The van der Waals surface area contributed by atoms with Gasteiger partial charge in [-0.25, -0.2) is 19.3 Å². The van der Waals surface area contributed by atoms with Crippen LogP contribution < -0.4 is 5.32 Å². The van der Waals surface area contributed by atoms with Crippen LogP contribution in [0.4, 0.5) is 10.3 Å². The minimum absolute atomic E-state index is 0.266. The second-order valence-corrected chi connectivity index (χ2v) is 7.33. The van der Waals surface area contributed by atoms with Crippen LogP contribution in [-0.2, 0) is 6.42 Å². The molecule has 4 aromatic rings. The fourth-order valence-electron chi connectivity index (χ4n) is 3.51. The minimum Gasteiger partial charge on any atom is -0.354 e. The van der Waals surface area contributed by atoms with Crippen molar-refractivity contribution in [2.75, 3.05) is 11.9 Å². The summed E-state index contributed by atoms with van der Waals surface area (Å²) in [4.78, 5) is 14.0. The van der Waals surface area contributed by atoms with E-state index in [-0.39, 0.29) is 5.82 Å². The van der Waals surface area contributed by atoms with Crippen LogP contribution in [-0.4, -0.2) is 25.9 Å². The van der Waals surface area contributed by atoms with E-state index < -0.39 is 0 Å². The maximum atomic E-state index is 13.5. The maximum Gasteiger partial charge on any atom is 0.223 e. The lowest BCUT2D eigenvalue weighted by molar-refractivity contribution is 0.628. The molecule has 5 nitrogen and oxygen atoms in total. The molecule has 0 fully saturated rings. The molecule has 0 saturated carbocycles. The van der Waals surface area contributed by atoms with Crippen LogP contribution in [0.1, 0.15) is 38.7 Å². The van der Waals surface area contributed by atoms with E-state index in [1.54, 1.807) is 18.3 Å². The third-order valence-electron chi connectivity index (χ3n) is 5.18. The first kappa shape index (κ1) is 20.0. The van der Waals surface area contributed by atoms with E-state index in [4.69, 9.17) is 9.97 Å². The number of anilines is 1. The highest BCUT2D eigenvalue weighted by Gasteiger charge is 2.18. The molecule has 1 aromatic carbocycles. The Balaban J connectivity index is 1.80. The van der Waals surface area contributed by atoms with Gasteiger partial charge in [0.15, 0.2) is 0 Å². The Morgan fingerprint density at radius 2 is 1.83 bits per heavy atom. The van der Waals surface area contributed by atoms with Crippen molar-refractivity contribution in [3.63, 3.8) is 0 Å². The molecule has 30 heavy (non-hydrogen) atoms. The third kappa shape index (κ3) is 4.17. The summed E-state index contributed by atoms with van der Waals surface area (Å²) in [5.41, 5.74) is 5.34. The molecule has 0 unspecified atom stereocenters. The van der Waals surface area contributed by atoms with Crippen LogP contribution in [0.5, 0.6) is 0 Å². The lowest BCUT2D eigenvalue weighted by atomic mass is 10.1. The van der Waals surface area contributed by atoms with Crippen LogP contribution in [0.15, 0.2) is 54.9 Å². The fraction of sp³-hybridized carbons (Fsp3) is 0.292. The van der Waals surface area contributed by atoms with Gasteiger partial charge < -0.3 is 5.32 Å². The molecule has 0 saturated heterocycles. The number of nitrogens with zero attached hydrogens (tertiary/aromatic N) is 4. The normalized spacial score (nSPS) is 11.2. The lowest BCUT2D eigenvalue weighted by Gasteiger charge is -2.08. The van der Waals surface area contributed by atoms with Crippen LogP contribution in [0.25, 0.3) is 28.3 Å². The fourth-order valence-corrected chi connectivity index (χ4v) is 3.51. The average Bonchev–Trinajstić information content (AvgIpc) is 3.16. The Kier molecular flexibility index (Phi) is 6.02. The summed E-state index contributed by atoms with van der Waals surface area (Å²) < 4.78 is 15.5. The number of imidazole rings is 1. The highest BCUT2D eigenvalue weighted by molar-refractivity contribution is 5.80. The predicted octanol–water partition coefficient (Wildman–Crippen LogP) is 5.76. The number of unbranched alkanes of at least 4 members (excludes halogenated alkanes) is 2. The molecule has 6 heteroatoms. The smallest absolute Gasteiger partial charge is 0.223 e. The number of pyridine rings is 1. The number of aryl methyl sites for hydroxylation is 1. The van der Waals surface area contributed by atoms with Crippen LogP contribution in [0.2, 0.25) is 0 Å². The van der Waals surface area contributed by atoms with Crippen molar-refractivity contribution in [2.24, 2.45) is 0 Å². The second-order valence-electron chi connectivity index (χ2n) is 7.33. The summed E-state index contributed by atoms with van der Waals surface area (Å²) in [5.74, 6) is 0.340. The van der Waals surface area contributed by atoms with Crippen molar-refractivity contribution in [3.05, 3.63) is 66.2 Å². The Bertz CT molecular complexity index is 1130. The number of rotatable bonds is 8. The highest BCUT2D eigenvalue weighted by Crippen LogP contribution is 2.32. The SMILES string of the molecule is CCCCCNc1nccc(-c2c(-c3ccc(F)cc3)nc3cc(CC)ccn23)n1. The highest BCUT2D eigenvalue weighted by atomic mass is 19.1. The number of benzene rings is 1. The van der Waals surface area contributed by atoms with Gasteiger partial charge in [-0.1, -0.05) is 26.7 Å². The van der Waals surface area contributed by atoms with Gasteiger partial charge in [-0.15, -0.1) is 0 Å². The first-order valence-electron chi connectivity index (χ1n) is 10.5. The Hall–Kier alpha value is -3.28. The van der Waals surface area contributed by atoms with Gasteiger partial charge in [0.25, 0.3) is 0 Å². The molecule has 0 radical (unpaired) electrons. The van der Waals surface area contributed by atoms with Gasteiger partial charge in [-0.3, -0.25) is 4.40 Å². The molecule has 0 aliphatic heterocycles. The summed E-state index contributed by atoms with van der Waals surface area (Å²) >= 11 is 0. The zero-order valence-electron chi connectivity index (χ0n) is 17.4. The number of halogens is 1. The zero-order valence-corrected chi connectivity index (χ0v) is 17.4. The summed E-state index contributed by atoms with van der Waals surface area (Å²) in [5, 5.41) is 3.31. The molecule has 0 spiro atoms. The first-order valence-corrected chi connectivity index (χ1v) is 10.5.